The van der Waals surface area contributed by atoms with Crippen molar-refractivity contribution in [2.45, 2.75) is 17.9 Å². The summed E-state index contributed by atoms with van der Waals surface area (Å²) in [5.74, 6) is -0.353. The molecule has 2 aromatic rings. The first kappa shape index (κ1) is 15.4. The number of halogens is 1. The number of primary amides is 1. The van der Waals surface area contributed by atoms with Crippen LogP contribution in [0.2, 0.25) is 0 Å². The zero-order chi connectivity index (χ0) is 15.2. The van der Waals surface area contributed by atoms with Crippen LogP contribution >= 0.6 is 11.8 Å². The summed E-state index contributed by atoms with van der Waals surface area (Å²) in [4.78, 5) is 11.9. The van der Waals surface area contributed by atoms with Crippen LogP contribution in [-0.2, 0) is 4.79 Å². The van der Waals surface area contributed by atoms with Crippen LogP contribution in [0.15, 0.2) is 53.4 Å². The minimum Gasteiger partial charge on any atom is -0.378 e. The molecule has 3 nitrogen and oxygen atoms in total. The van der Waals surface area contributed by atoms with Crippen LogP contribution in [-0.4, -0.2) is 11.7 Å². The third-order valence-electron chi connectivity index (χ3n) is 3.00. The molecule has 0 aromatic heterocycles. The number of benzene rings is 2. The number of carbonyl (C=O) groups excluding carboxylic acids is 1. The molecule has 0 aliphatic rings. The van der Waals surface area contributed by atoms with Gasteiger partial charge in [-0.05, 0) is 36.8 Å². The molecule has 0 fully saturated rings. The van der Waals surface area contributed by atoms with E-state index in [1.165, 1.54) is 23.9 Å². The van der Waals surface area contributed by atoms with E-state index in [9.17, 15) is 9.18 Å². The van der Waals surface area contributed by atoms with Gasteiger partial charge in [-0.3, -0.25) is 4.79 Å². The second kappa shape index (κ2) is 7.13. The predicted octanol–water partition coefficient (Wildman–Crippen LogP) is 3.58. The number of nitrogens with one attached hydrogen (secondary N) is 1. The summed E-state index contributed by atoms with van der Waals surface area (Å²) < 4.78 is 12.9. The molecule has 0 saturated heterocycles. The first-order chi connectivity index (χ1) is 10.1. The van der Waals surface area contributed by atoms with E-state index < -0.39 is 0 Å². The second-order valence-electron chi connectivity index (χ2n) is 4.67. The lowest BCUT2D eigenvalue weighted by Crippen LogP contribution is -2.13. The largest absolute Gasteiger partial charge is 0.378 e. The molecule has 3 N–H and O–H groups in total. The Morgan fingerprint density at radius 1 is 1.24 bits per heavy atom. The van der Waals surface area contributed by atoms with Gasteiger partial charge in [0.2, 0.25) is 5.91 Å². The Kier molecular flexibility index (Phi) is 5.22. The van der Waals surface area contributed by atoms with E-state index in [0.717, 1.165) is 16.1 Å². The summed E-state index contributed by atoms with van der Waals surface area (Å²) in [7, 11) is 0. The Morgan fingerprint density at radius 2 is 1.90 bits per heavy atom. The molecule has 0 saturated carbocycles. The van der Waals surface area contributed by atoms with E-state index in [2.05, 4.69) is 5.32 Å². The number of anilines is 1. The Bertz CT molecular complexity index is 616. The molecule has 1 atom stereocenters. The molecule has 0 bridgehead atoms. The standard InChI is InChI=1S/C16H17FN2OS/c1-11(12-6-8-13(17)9-7-12)19-14-4-2-3-5-15(14)21-10-16(18)20/h2-9,11,19H,10H2,1H3,(H2,18,20). The van der Waals surface area contributed by atoms with E-state index in [0.29, 0.717) is 0 Å². The third kappa shape index (κ3) is 4.49. The van der Waals surface area contributed by atoms with Gasteiger partial charge >= 0.3 is 0 Å². The Balaban J connectivity index is 2.11. The lowest BCUT2D eigenvalue weighted by Gasteiger charge is -2.18. The summed E-state index contributed by atoms with van der Waals surface area (Å²) in [5, 5.41) is 3.37. The molecule has 2 rings (SSSR count). The molecule has 2 aromatic carbocycles. The van der Waals surface area contributed by atoms with Crippen molar-refractivity contribution < 1.29 is 9.18 Å². The number of para-hydroxylation sites is 1. The van der Waals surface area contributed by atoms with Crippen molar-refractivity contribution in [3.63, 3.8) is 0 Å². The number of hydrogen-bond donors (Lipinski definition) is 2. The zero-order valence-electron chi connectivity index (χ0n) is 11.7. The molecule has 0 spiro atoms. The van der Waals surface area contributed by atoms with E-state index in [4.69, 9.17) is 5.73 Å². The number of carbonyl (C=O) groups is 1. The molecule has 0 heterocycles. The number of amides is 1. The summed E-state index contributed by atoms with van der Waals surface area (Å²) in [6, 6.07) is 14.2. The van der Waals surface area contributed by atoms with Crippen LogP contribution in [0.4, 0.5) is 10.1 Å². The minimum atomic E-state index is -0.346. The van der Waals surface area contributed by atoms with Gasteiger partial charge in [0.15, 0.2) is 0 Å². The lowest BCUT2D eigenvalue weighted by molar-refractivity contribution is -0.115. The lowest BCUT2D eigenvalue weighted by atomic mass is 10.1. The number of nitrogens with two attached hydrogens (primary N) is 1. The van der Waals surface area contributed by atoms with Gasteiger partial charge in [-0.2, -0.15) is 0 Å². The molecule has 0 aliphatic heterocycles. The summed E-state index contributed by atoms with van der Waals surface area (Å²) >= 11 is 1.40. The quantitative estimate of drug-likeness (QED) is 0.802. The summed E-state index contributed by atoms with van der Waals surface area (Å²) in [6.45, 7) is 2.00. The maximum atomic E-state index is 12.9. The Morgan fingerprint density at radius 3 is 2.57 bits per heavy atom. The van der Waals surface area contributed by atoms with Crippen LogP contribution in [0.5, 0.6) is 0 Å². The molecule has 1 unspecified atom stereocenters. The van der Waals surface area contributed by atoms with Gasteiger partial charge in [-0.15, -0.1) is 11.8 Å². The topological polar surface area (TPSA) is 55.1 Å². The Hall–Kier alpha value is -2.01. The normalized spacial score (nSPS) is 11.9. The van der Waals surface area contributed by atoms with Gasteiger partial charge in [-0.25, -0.2) is 4.39 Å². The van der Waals surface area contributed by atoms with Crippen LogP contribution in [0.25, 0.3) is 0 Å². The number of hydrogen-bond acceptors (Lipinski definition) is 3. The van der Waals surface area contributed by atoms with Gasteiger partial charge < -0.3 is 11.1 Å². The fourth-order valence-corrected chi connectivity index (χ4v) is 2.68. The molecule has 5 heteroatoms. The number of thioether (sulfide) groups is 1. The van der Waals surface area contributed by atoms with Crippen molar-refractivity contribution >= 4 is 23.4 Å². The first-order valence-corrected chi connectivity index (χ1v) is 7.57. The predicted molar refractivity (Wildman–Crippen MR) is 84.8 cm³/mol. The molecule has 0 aliphatic carbocycles. The first-order valence-electron chi connectivity index (χ1n) is 6.58. The highest BCUT2D eigenvalue weighted by atomic mass is 32.2. The second-order valence-corrected chi connectivity index (χ2v) is 5.69. The van der Waals surface area contributed by atoms with Gasteiger partial charge in [0.25, 0.3) is 0 Å². The van der Waals surface area contributed by atoms with Crippen LogP contribution in [0.1, 0.15) is 18.5 Å². The highest BCUT2D eigenvalue weighted by Gasteiger charge is 2.09. The average molecular weight is 304 g/mol. The average Bonchev–Trinajstić information content (AvgIpc) is 2.47. The van der Waals surface area contributed by atoms with Crippen LogP contribution in [0.3, 0.4) is 0 Å². The Labute approximate surface area is 127 Å². The maximum absolute atomic E-state index is 12.9. The molecular formula is C16H17FN2OS. The van der Waals surface area contributed by atoms with Crippen LogP contribution < -0.4 is 11.1 Å². The smallest absolute Gasteiger partial charge is 0.227 e. The van der Waals surface area contributed by atoms with E-state index in [1.54, 1.807) is 12.1 Å². The zero-order valence-corrected chi connectivity index (χ0v) is 12.5. The number of rotatable bonds is 6. The fraction of sp³-hybridized carbons (Fsp3) is 0.188. The maximum Gasteiger partial charge on any atom is 0.227 e. The van der Waals surface area contributed by atoms with Crippen LogP contribution in [0, 0.1) is 5.82 Å². The molecular weight excluding hydrogens is 287 g/mol. The molecule has 1 amide bonds. The van der Waals surface area contributed by atoms with E-state index >= 15 is 0 Å². The highest BCUT2D eigenvalue weighted by molar-refractivity contribution is 8.00. The van der Waals surface area contributed by atoms with Crippen molar-refractivity contribution in [1.29, 1.82) is 0 Å². The minimum absolute atomic E-state index is 0.0286. The van der Waals surface area contributed by atoms with Gasteiger partial charge in [0.05, 0.1) is 5.75 Å². The third-order valence-corrected chi connectivity index (χ3v) is 4.09. The van der Waals surface area contributed by atoms with E-state index in [-0.39, 0.29) is 23.5 Å². The van der Waals surface area contributed by atoms with Gasteiger partial charge in [-0.1, -0.05) is 24.3 Å². The summed E-state index contributed by atoms with van der Waals surface area (Å²) in [6.07, 6.45) is 0. The van der Waals surface area contributed by atoms with Crippen molar-refractivity contribution in [1.82, 2.24) is 0 Å². The highest BCUT2D eigenvalue weighted by Crippen LogP contribution is 2.29. The van der Waals surface area contributed by atoms with E-state index in [1.807, 2.05) is 31.2 Å². The molecule has 110 valence electrons. The molecule has 0 radical (unpaired) electrons. The molecule has 21 heavy (non-hydrogen) atoms. The monoisotopic (exact) mass is 304 g/mol. The SMILES string of the molecule is CC(Nc1ccccc1SCC(N)=O)c1ccc(F)cc1. The van der Waals surface area contributed by atoms with Gasteiger partial charge in [0, 0.05) is 16.6 Å². The van der Waals surface area contributed by atoms with Crippen molar-refractivity contribution in [3.8, 4) is 0 Å². The van der Waals surface area contributed by atoms with Crippen molar-refractivity contribution in [3.05, 3.63) is 59.9 Å². The van der Waals surface area contributed by atoms with Gasteiger partial charge in [0.1, 0.15) is 5.82 Å². The van der Waals surface area contributed by atoms with Crippen molar-refractivity contribution in [2.75, 3.05) is 11.1 Å². The summed E-state index contributed by atoms with van der Waals surface area (Å²) in [5.41, 5.74) is 7.10. The van der Waals surface area contributed by atoms with Crippen molar-refractivity contribution in [2.24, 2.45) is 5.73 Å². The fourth-order valence-electron chi connectivity index (χ4n) is 1.93.